The Morgan fingerprint density at radius 1 is 1.13 bits per heavy atom. The molecule has 0 spiro atoms. The van der Waals surface area contributed by atoms with Crippen molar-refractivity contribution >= 4 is 11.3 Å². The van der Waals surface area contributed by atoms with Crippen molar-refractivity contribution in [2.24, 2.45) is 0 Å². The van der Waals surface area contributed by atoms with Crippen LogP contribution in [0.1, 0.15) is 29.2 Å². The standard InChI is InChI=1S/C19H27NO2S/c1-15(2)20(12-19-10-9-16(3)23-19)11-18(21)14-22-13-17-7-5-4-6-8-17/h4-10,15,18,21H,11-14H2,1-3H3/t18-/m1/s1. The SMILES string of the molecule is Cc1ccc(CN(C[C@@H](O)COCc2ccccc2)C(C)C)s1. The molecule has 4 heteroatoms. The third kappa shape index (κ3) is 6.43. The summed E-state index contributed by atoms with van der Waals surface area (Å²) in [6, 6.07) is 14.8. The van der Waals surface area contributed by atoms with Crippen LogP contribution in [0.4, 0.5) is 0 Å². The van der Waals surface area contributed by atoms with Crippen molar-refractivity contribution in [1.82, 2.24) is 4.90 Å². The van der Waals surface area contributed by atoms with Gasteiger partial charge in [-0.05, 0) is 38.5 Å². The molecular formula is C19H27NO2S. The van der Waals surface area contributed by atoms with Crippen LogP contribution in [0.15, 0.2) is 42.5 Å². The van der Waals surface area contributed by atoms with Gasteiger partial charge >= 0.3 is 0 Å². The Bertz CT molecular complexity index is 568. The lowest BCUT2D eigenvalue weighted by Crippen LogP contribution is -2.38. The number of hydrogen-bond donors (Lipinski definition) is 1. The first-order chi connectivity index (χ1) is 11.0. The number of ether oxygens (including phenoxy) is 1. The molecule has 23 heavy (non-hydrogen) atoms. The topological polar surface area (TPSA) is 32.7 Å². The van der Waals surface area contributed by atoms with E-state index in [1.54, 1.807) is 0 Å². The summed E-state index contributed by atoms with van der Waals surface area (Å²) in [5, 5.41) is 10.3. The van der Waals surface area contributed by atoms with E-state index in [1.807, 2.05) is 41.7 Å². The molecule has 0 saturated heterocycles. The monoisotopic (exact) mass is 333 g/mol. The normalized spacial score (nSPS) is 13.0. The molecule has 0 unspecified atom stereocenters. The molecule has 0 aliphatic rings. The van der Waals surface area contributed by atoms with E-state index in [0.29, 0.717) is 25.8 Å². The summed E-state index contributed by atoms with van der Waals surface area (Å²) in [5.41, 5.74) is 1.13. The Balaban J connectivity index is 1.77. The molecule has 0 fully saturated rings. The highest BCUT2D eigenvalue weighted by Gasteiger charge is 2.16. The minimum atomic E-state index is -0.470. The van der Waals surface area contributed by atoms with Crippen LogP contribution in [0.25, 0.3) is 0 Å². The first-order valence-corrected chi connectivity index (χ1v) is 8.95. The van der Waals surface area contributed by atoms with E-state index in [9.17, 15) is 5.11 Å². The number of hydrogen-bond acceptors (Lipinski definition) is 4. The third-order valence-corrected chi connectivity index (χ3v) is 4.74. The molecule has 0 aliphatic carbocycles. The molecule has 3 nitrogen and oxygen atoms in total. The highest BCUT2D eigenvalue weighted by Crippen LogP contribution is 2.18. The second-order valence-corrected chi connectivity index (χ2v) is 7.56. The molecule has 2 aromatic rings. The van der Waals surface area contributed by atoms with Gasteiger partial charge in [0.05, 0.1) is 19.3 Å². The maximum absolute atomic E-state index is 10.3. The first kappa shape index (κ1) is 18.1. The number of aliphatic hydroxyl groups is 1. The number of aliphatic hydroxyl groups excluding tert-OH is 1. The second-order valence-electron chi connectivity index (χ2n) is 6.19. The Morgan fingerprint density at radius 2 is 1.87 bits per heavy atom. The van der Waals surface area contributed by atoms with Gasteiger partial charge in [-0.3, -0.25) is 4.90 Å². The molecule has 0 bridgehead atoms. The highest BCUT2D eigenvalue weighted by atomic mass is 32.1. The molecule has 0 amide bonds. The summed E-state index contributed by atoms with van der Waals surface area (Å²) in [5.74, 6) is 0. The maximum Gasteiger partial charge on any atom is 0.0900 e. The lowest BCUT2D eigenvalue weighted by Gasteiger charge is -2.28. The van der Waals surface area contributed by atoms with Gasteiger partial charge in [-0.1, -0.05) is 30.3 Å². The van der Waals surface area contributed by atoms with Crippen LogP contribution in [0.3, 0.4) is 0 Å². The van der Waals surface area contributed by atoms with Gasteiger partial charge in [-0.25, -0.2) is 0 Å². The van der Waals surface area contributed by atoms with Gasteiger partial charge in [0, 0.05) is 28.9 Å². The molecule has 1 N–H and O–H groups in total. The Hall–Kier alpha value is -1.20. The summed E-state index contributed by atoms with van der Waals surface area (Å²) in [6.45, 7) is 8.87. The summed E-state index contributed by atoms with van der Waals surface area (Å²) in [4.78, 5) is 4.96. The summed E-state index contributed by atoms with van der Waals surface area (Å²) in [7, 11) is 0. The van der Waals surface area contributed by atoms with E-state index in [4.69, 9.17) is 4.74 Å². The predicted molar refractivity (Wildman–Crippen MR) is 96.7 cm³/mol. The fourth-order valence-electron chi connectivity index (χ4n) is 2.44. The average Bonchev–Trinajstić information content (AvgIpc) is 2.93. The van der Waals surface area contributed by atoms with Gasteiger partial charge in [0.15, 0.2) is 0 Å². The van der Waals surface area contributed by atoms with Crippen LogP contribution in [-0.2, 0) is 17.9 Å². The summed E-state index contributed by atoms with van der Waals surface area (Å²) >= 11 is 1.82. The van der Waals surface area contributed by atoms with Crippen molar-refractivity contribution in [2.75, 3.05) is 13.2 Å². The lowest BCUT2D eigenvalue weighted by atomic mass is 10.2. The van der Waals surface area contributed by atoms with Crippen LogP contribution in [-0.4, -0.2) is 35.3 Å². The molecule has 126 valence electrons. The van der Waals surface area contributed by atoms with Crippen molar-refractivity contribution in [3.63, 3.8) is 0 Å². The quantitative estimate of drug-likeness (QED) is 0.757. The maximum atomic E-state index is 10.3. The molecule has 0 aliphatic heterocycles. The van der Waals surface area contributed by atoms with Crippen molar-refractivity contribution in [3.8, 4) is 0 Å². The van der Waals surface area contributed by atoms with Gasteiger partial charge in [0.2, 0.25) is 0 Å². The van der Waals surface area contributed by atoms with Crippen molar-refractivity contribution in [2.45, 2.75) is 46.1 Å². The van der Waals surface area contributed by atoms with E-state index in [1.165, 1.54) is 9.75 Å². The van der Waals surface area contributed by atoms with Crippen LogP contribution >= 0.6 is 11.3 Å². The number of aryl methyl sites for hydroxylation is 1. The van der Waals surface area contributed by atoms with Gasteiger partial charge in [0.25, 0.3) is 0 Å². The van der Waals surface area contributed by atoms with Crippen LogP contribution < -0.4 is 0 Å². The molecule has 1 heterocycles. The van der Waals surface area contributed by atoms with E-state index in [2.05, 4.69) is 37.8 Å². The molecule has 1 aromatic heterocycles. The fraction of sp³-hybridized carbons (Fsp3) is 0.474. The third-order valence-electron chi connectivity index (χ3n) is 3.75. The summed E-state index contributed by atoms with van der Waals surface area (Å²) < 4.78 is 5.64. The van der Waals surface area contributed by atoms with Gasteiger partial charge in [-0.2, -0.15) is 0 Å². The summed E-state index contributed by atoms with van der Waals surface area (Å²) in [6.07, 6.45) is -0.470. The van der Waals surface area contributed by atoms with Crippen molar-refractivity contribution in [3.05, 3.63) is 57.8 Å². The van der Waals surface area contributed by atoms with Crippen LogP contribution in [0.2, 0.25) is 0 Å². The van der Waals surface area contributed by atoms with Gasteiger partial charge in [-0.15, -0.1) is 11.3 Å². The smallest absolute Gasteiger partial charge is 0.0900 e. The minimum absolute atomic E-state index is 0.363. The van der Waals surface area contributed by atoms with E-state index >= 15 is 0 Å². The lowest BCUT2D eigenvalue weighted by molar-refractivity contribution is 0.00333. The number of benzene rings is 1. The van der Waals surface area contributed by atoms with Crippen molar-refractivity contribution in [1.29, 1.82) is 0 Å². The van der Waals surface area contributed by atoms with Gasteiger partial charge < -0.3 is 9.84 Å². The second kappa shape index (κ2) is 9.18. The average molecular weight is 333 g/mol. The van der Waals surface area contributed by atoms with E-state index in [-0.39, 0.29) is 0 Å². The zero-order valence-corrected chi connectivity index (χ0v) is 15.1. The van der Waals surface area contributed by atoms with Crippen LogP contribution in [0, 0.1) is 6.92 Å². The zero-order valence-electron chi connectivity index (χ0n) is 14.2. The Kier molecular flexibility index (Phi) is 7.24. The number of rotatable bonds is 9. The molecule has 0 radical (unpaired) electrons. The Labute approximate surface area is 143 Å². The van der Waals surface area contributed by atoms with Crippen molar-refractivity contribution < 1.29 is 9.84 Å². The molecule has 1 atom stereocenters. The van der Waals surface area contributed by atoms with E-state index < -0.39 is 6.10 Å². The van der Waals surface area contributed by atoms with Gasteiger partial charge in [0.1, 0.15) is 0 Å². The highest BCUT2D eigenvalue weighted by molar-refractivity contribution is 7.11. The Morgan fingerprint density at radius 3 is 2.48 bits per heavy atom. The minimum Gasteiger partial charge on any atom is -0.389 e. The molecule has 1 aromatic carbocycles. The van der Waals surface area contributed by atoms with Crippen LogP contribution in [0.5, 0.6) is 0 Å². The predicted octanol–water partition coefficient (Wildman–Crippen LogP) is 3.84. The zero-order chi connectivity index (χ0) is 16.7. The van der Waals surface area contributed by atoms with E-state index in [0.717, 1.165) is 12.1 Å². The number of nitrogens with zero attached hydrogens (tertiary/aromatic N) is 1. The number of thiophene rings is 1. The molecular weight excluding hydrogens is 306 g/mol. The first-order valence-electron chi connectivity index (χ1n) is 8.13. The molecule has 0 saturated carbocycles. The fourth-order valence-corrected chi connectivity index (χ4v) is 3.35. The molecule has 2 rings (SSSR count). The largest absolute Gasteiger partial charge is 0.389 e.